The van der Waals surface area contributed by atoms with Gasteiger partial charge in [-0.25, -0.2) is 0 Å². The van der Waals surface area contributed by atoms with Crippen LogP contribution < -0.4 is 0 Å². The molecule has 368 valence electrons. The molecule has 0 aromatic heterocycles. The highest BCUT2D eigenvalue weighted by atomic mass is 16.5. The highest BCUT2D eigenvalue weighted by molar-refractivity contribution is 5.69. The standard InChI is InChI=1S/C53H107NO3.CH4O.CH2O/c1-7-12-29-38-50(39-30-13-8-2)40-33-25-21-17-16-18-22-26-34-43-52(49-56-46-37-45-54(6)11-5)44-35-27-23-19-20-24-28-36-47-57-53(55)48-51(41-31-14-9-3)42-32-15-10-4;2*1-2/h50-52H,7-49H2,1-6H3;2H,1H3;1H2. The Morgan fingerprint density at radius 1 is 0.443 bits per heavy atom. The van der Waals surface area contributed by atoms with Crippen LogP contribution in [0.3, 0.4) is 0 Å². The van der Waals surface area contributed by atoms with Crippen molar-refractivity contribution in [3.8, 4) is 0 Å². The van der Waals surface area contributed by atoms with Crippen molar-refractivity contribution in [2.45, 2.75) is 279 Å². The van der Waals surface area contributed by atoms with Gasteiger partial charge in [-0.3, -0.25) is 4.79 Å². The van der Waals surface area contributed by atoms with E-state index in [2.05, 4.69) is 46.6 Å². The van der Waals surface area contributed by atoms with Crippen LogP contribution in [-0.2, 0) is 19.1 Å². The van der Waals surface area contributed by atoms with Gasteiger partial charge >= 0.3 is 5.97 Å². The third-order valence-corrected chi connectivity index (χ3v) is 13.0. The van der Waals surface area contributed by atoms with E-state index >= 15 is 0 Å². The smallest absolute Gasteiger partial charge is 0.306 e. The van der Waals surface area contributed by atoms with Crippen molar-refractivity contribution in [2.75, 3.05) is 47.1 Å². The van der Waals surface area contributed by atoms with Gasteiger partial charge in [-0.05, 0) is 69.9 Å². The second kappa shape index (κ2) is 57.0. The number of ether oxygens (including phenoxy) is 2. The van der Waals surface area contributed by atoms with Crippen molar-refractivity contribution in [3.63, 3.8) is 0 Å². The Labute approximate surface area is 384 Å². The zero-order valence-electron chi connectivity index (χ0n) is 42.9. The predicted octanol–water partition coefficient (Wildman–Crippen LogP) is 16.7. The Bertz CT molecular complexity index is 776. The van der Waals surface area contributed by atoms with E-state index in [-0.39, 0.29) is 5.97 Å². The molecular formula is C55H113NO5. The molecule has 0 aromatic rings. The van der Waals surface area contributed by atoms with Crippen LogP contribution in [0.25, 0.3) is 0 Å². The molecule has 0 aliphatic rings. The van der Waals surface area contributed by atoms with Gasteiger partial charge in [-0.1, -0.05) is 234 Å². The SMILES string of the molecule is C=O.CCCCCC(CCCCC)CCCCCCCCCCCC(CCCCCCCCCCOC(=O)CC(CCCCC)CCCCC)COCCCN(C)CC.CO. The minimum Gasteiger partial charge on any atom is -0.466 e. The molecule has 0 aromatic carbocycles. The number of unbranched alkanes of at least 4 members (excludes halogenated alkanes) is 23. The van der Waals surface area contributed by atoms with E-state index in [0.717, 1.165) is 58.1 Å². The average Bonchev–Trinajstić information content (AvgIpc) is 3.28. The summed E-state index contributed by atoms with van der Waals surface area (Å²) in [5, 5.41) is 7.00. The maximum Gasteiger partial charge on any atom is 0.306 e. The monoisotopic (exact) mass is 868 g/mol. The van der Waals surface area contributed by atoms with Crippen LogP contribution in [0, 0.1) is 17.8 Å². The number of carbonyl (C=O) groups excluding carboxylic acids is 2. The summed E-state index contributed by atoms with van der Waals surface area (Å²) >= 11 is 0. The zero-order valence-corrected chi connectivity index (χ0v) is 42.9. The van der Waals surface area contributed by atoms with Crippen molar-refractivity contribution < 1.29 is 24.2 Å². The number of carbonyl (C=O) groups is 2. The lowest BCUT2D eigenvalue weighted by Gasteiger charge is -2.18. The first-order chi connectivity index (χ1) is 30.0. The summed E-state index contributed by atoms with van der Waals surface area (Å²) in [7, 11) is 3.21. The average molecular weight is 869 g/mol. The summed E-state index contributed by atoms with van der Waals surface area (Å²) < 4.78 is 11.9. The molecule has 0 radical (unpaired) electrons. The molecule has 1 unspecified atom stereocenters. The maximum atomic E-state index is 12.5. The number of aliphatic hydroxyl groups excluding tert-OH is 1. The first-order valence-corrected chi connectivity index (χ1v) is 27.2. The molecule has 1 N–H and O–H groups in total. The van der Waals surface area contributed by atoms with Gasteiger partial charge in [0.05, 0.1) is 6.61 Å². The van der Waals surface area contributed by atoms with Gasteiger partial charge < -0.3 is 24.3 Å². The fraction of sp³-hybridized carbons (Fsp3) is 0.964. The Morgan fingerprint density at radius 2 is 0.770 bits per heavy atom. The lowest BCUT2D eigenvalue weighted by Crippen LogP contribution is -2.20. The number of rotatable bonds is 48. The lowest BCUT2D eigenvalue weighted by molar-refractivity contribution is -0.145. The maximum absolute atomic E-state index is 12.5. The van der Waals surface area contributed by atoms with Crippen LogP contribution in [-0.4, -0.2) is 69.8 Å². The topological polar surface area (TPSA) is 76.1 Å². The molecule has 0 aliphatic heterocycles. The molecule has 1 atom stereocenters. The van der Waals surface area contributed by atoms with E-state index < -0.39 is 0 Å². The quantitative estimate of drug-likeness (QED) is 0.0485. The summed E-state index contributed by atoms with van der Waals surface area (Å²) in [4.78, 5) is 22.9. The molecule has 0 rings (SSSR count). The Balaban J connectivity index is -0.00000814. The van der Waals surface area contributed by atoms with Gasteiger partial charge in [0.25, 0.3) is 0 Å². The number of hydrogen-bond donors (Lipinski definition) is 1. The summed E-state index contributed by atoms with van der Waals surface area (Å²) in [6, 6.07) is 0. The number of esters is 1. The van der Waals surface area contributed by atoms with Crippen LogP contribution in [0.1, 0.15) is 279 Å². The van der Waals surface area contributed by atoms with Gasteiger partial charge in [-0.15, -0.1) is 0 Å². The molecule has 0 spiro atoms. The molecule has 0 saturated carbocycles. The van der Waals surface area contributed by atoms with Gasteiger partial charge in [-0.2, -0.15) is 0 Å². The van der Waals surface area contributed by atoms with Gasteiger partial charge in [0.15, 0.2) is 0 Å². The van der Waals surface area contributed by atoms with Crippen LogP contribution in [0.2, 0.25) is 0 Å². The van der Waals surface area contributed by atoms with Gasteiger partial charge in [0.1, 0.15) is 6.79 Å². The van der Waals surface area contributed by atoms with Crippen molar-refractivity contribution in [2.24, 2.45) is 17.8 Å². The van der Waals surface area contributed by atoms with Crippen molar-refractivity contribution in [1.29, 1.82) is 0 Å². The Hall–Kier alpha value is -0.980. The Morgan fingerprint density at radius 3 is 1.15 bits per heavy atom. The first-order valence-electron chi connectivity index (χ1n) is 27.2. The molecule has 6 nitrogen and oxygen atoms in total. The van der Waals surface area contributed by atoms with Crippen molar-refractivity contribution >= 4 is 12.8 Å². The van der Waals surface area contributed by atoms with E-state index in [0.29, 0.717) is 18.9 Å². The van der Waals surface area contributed by atoms with Gasteiger partial charge in [0, 0.05) is 33.3 Å². The first kappa shape index (κ1) is 64.3. The number of nitrogens with zero attached hydrogens (tertiary/aromatic N) is 1. The molecule has 0 fully saturated rings. The summed E-state index contributed by atoms with van der Waals surface area (Å²) in [6.07, 6.45) is 50.6. The number of aliphatic hydroxyl groups is 1. The summed E-state index contributed by atoms with van der Waals surface area (Å²) in [5.74, 6) is 2.33. The van der Waals surface area contributed by atoms with Crippen LogP contribution >= 0.6 is 0 Å². The van der Waals surface area contributed by atoms with E-state index in [1.54, 1.807) is 0 Å². The highest BCUT2D eigenvalue weighted by Crippen LogP contribution is 2.25. The molecule has 61 heavy (non-hydrogen) atoms. The Kier molecular flexibility index (Phi) is 60.1. The van der Waals surface area contributed by atoms with E-state index in [9.17, 15) is 4.79 Å². The fourth-order valence-electron chi connectivity index (χ4n) is 8.85. The predicted molar refractivity (Wildman–Crippen MR) is 269 cm³/mol. The van der Waals surface area contributed by atoms with Gasteiger partial charge in [0.2, 0.25) is 0 Å². The van der Waals surface area contributed by atoms with Crippen LogP contribution in [0.15, 0.2) is 0 Å². The molecular weight excluding hydrogens is 755 g/mol. The third kappa shape index (κ3) is 51.5. The van der Waals surface area contributed by atoms with E-state index in [1.165, 1.54) is 225 Å². The molecule has 6 heteroatoms. The molecule has 0 amide bonds. The van der Waals surface area contributed by atoms with Crippen LogP contribution in [0.5, 0.6) is 0 Å². The summed E-state index contributed by atoms with van der Waals surface area (Å²) in [5.41, 5.74) is 0. The zero-order chi connectivity index (χ0) is 45.7. The fourth-order valence-corrected chi connectivity index (χ4v) is 8.85. The molecule has 0 aliphatic carbocycles. The molecule has 0 saturated heterocycles. The largest absolute Gasteiger partial charge is 0.466 e. The van der Waals surface area contributed by atoms with Crippen LogP contribution in [0.4, 0.5) is 0 Å². The van der Waals surface area contributed by atoms with Crippen molar-refractivity contribution in [3.05, 3.63) is 0 Å². The lowest BCUT2D eigenvalue weighted by atomic mass is 9.90. The van der Waals surface area contributed by atoms with Crippen molar-refractivity contribution in [1.82, 2.24) is 4.90 Å². The molecule has 0 bridgehead atoms. The third-order valence-electron chi connectivity index (χ3n) is 13.0. The normalized spacial score (nSPS) is 11.8. The minimum atomic E-state index is 0.0474. The molecule has 0 heterocycles. The van der Waals surface area contributed by atoms with E-state index in [4.69, 9.17) is 19.4 Å². The second-order valence-corrected chi connectivity index (χ2v) is 18.7. The summed E-state index contributed by atoms with van der Waals surface area (Å²) in [6.45, 7) is 18.2. The second-order valence-electron chi connectivity index (χ2n) is 18.7. The highest BCUT2D eigenvalue weighted by Gasteiger charge is 2.15. The number of hydrogen-bond acceptors (Lipinski definition) is 6. The van der Waals surface area contributed by atoms with E-state index in [1.807, 2.05) is 6.79 Å². The minimum absolute atomic E-state index is 0.0474.